The number of hydrogen-bond acceptors (Lipinski definition) is 2. The molecule has 1 saturated carbocycles. The summed E-state index contributed by atoms with van der Waals surface area (Å²) >= 11 is 0. The minimum absolute atomic E-state index is 0.298. The Bertz CT molecular complexity index is 446. The zero-order valence-corrected chi connectivity index (χ0v) is 14.7. The van der Waals surface area contributed by atoms with Crippen molar-refractivity contribution in [3.8, 4) is 0 Å². The van der Waals surface area contributed by atoms with Crippen LogP contribution < -0.4 is 4.72 Å². The van der Waals surface area contributed by atoms with E-state index in [2.05, 4.69) is 37.6 Å². The van der Waals surface area contributed by atoms with Gasteiger partial charge in [-0.25, -0.2) is 13.1 Å². The van der Waals surface area contributed by atoms with Crippen molar-refractivity contribution in [1.82, 2.24) is 4.72 Å². The molecule has 4 heteroatoms. The van der Waals surface area contributed by atoms with Crippen LogP contribution in [0, 0.1) is 5.41 Å². The highest BCUT2D eigenvalue weighted by molar-refractivity contribution is 7.90. The maximum absolute atomic E-state index is 12.2. The van der Waals surface area contributed by atoms with Gasteiger partial charge in [0, 0.05) is 0 Å². The first-order chi connectivity index (χ1) is 8.87. The Labute approximate surface area is 125 Å². The second-order valence-electron chi connectivity index (χ2n) is 8.23. The fraction of sp³-hybridized carbons (Fsp3) is 0.875. The van der Waals surface area contributed by atoms with Crippen LogP contribution in [-0.4, -0.2) is 18.7 Å². The van der Waals surface area contributed by atoms with E-state index in [0.29, 0.717) is 5.41 Å². The van der Waals surface area contributed by atoms with Gasteiger partial charge in [0.25, 0.3) is 0 Å². The summed E-state index contributed by atoms with van der Waals surface area (Å²) in [6.45, 7) is 11.9. The summed E-state index contributed by atoms with van der Waals surface area (Å²) in [5.41, 5.74) is 0.0762. The Morgan fingerprint density at radius 1 is 1.10 bits per heavy atom. The molecule has 0 unspecified atom stereocenters. The van der Waals surface area contributed by atoms with Gasteiger partial charge in [0.05, 0.1) is 10.3 Å². The molecule has 0 bridgehead atoms. The van der Waals surface area contributed by atoms with Gasteiger partial charge in [-0.1, -0.05) is 32.9 Å². The van der Waals surface area contributed by atoms with Gasteiger partial charge in [-0.3, -0.25) is 0 Å². The average Bonchev–Trinajstić information content (AvgIpc) is 2.93. The van der Waals surface area contributed by atoms with Crippen molar-refractivity contribution in [3.05, 3.63) is 12.2 Å². The molecule has 1 rings (SSSR count). The third-order valence-electron chi connectivity index (χ3n) is 3.67. The van der Waals surface area contributed by atoms with Gasteiger partial charge in [-0.05, 0) is 58.3 Å². The maximum atomic E-state index is 12.2. The minimum Gasteiger partial charge on any atom is -0.212 e. The van der Waals surface area contributed by atoms with Crippen molar-refractivity contribution >= 4 is 10.0 Å². The molecule has 0 atom stereocenters. The Kier molecular flexibility index (Phi) is 5.13. The molecule has 118 valence electrons. The molecule has 0 aromatic rings. The van der Waals surface area contributed by atoms with E-state index < -0.39 is 14.8 Å². The summed E-state index contributed by atoms with van der Waals surface area (Å²) in [6.07, 6.45) is 9.41. The summed E-state index contributed by atoms with van der Waals surface area (Å²) in [4.78, 5) is 0. The minimum atomic E-state index is -3.26. The number of allylic oxidation sites excluding steroid dienone is 1. The lowest BCUT2D eigenvalue weighted by molar-refractivity contribution is 0.367. The molecule has 0 aromatic heterocycles. The van der Waals surface area contributed by atoms with Gasteiger partial charge < -0.3 is 0 Å². The smallest absolute Gasteiger partial charge is 0.212 e. The van der Waals surface area contributed by atoms with E-state index in [4.69, 9.17) is 0 Å². The van der Waals surface area contributed by atoms with Crippen LogP contribution >= 0.6 is 0 Å². The highest BCUT2D eigenvalue weighted by atomic mass is 32.2. The van der Waals surface area contributed by atoms with E-state index in [-0.39, 0.29) is 5.54 Å². The van der Waals surface area contributed by atoms with Crippen LogP contribution in [0.4, 0.5) is 0 Å². The van der Waals surface area contributed by atoms with Gasteiger partial charge in [0.15, 0.2) is 0 Å². The SMILES string of the molecule is CC(C)(C)CCC/C=C/C1(NS(=O)(=O)C(C)(C)C)CC1. The fourth-order valence-electron chi connectivity index (χ4n) is 1.92. The van der Waals surface area contributed by atoms with Crippen molar-refractivity contribution in [2.45, 2.75) is 83.9 Å². The number of rotatable bonds is 6. The molecule has 0 heterocycles. The number of nitrogens with one attached hydrogen (secondary N) is 1. The van der Waals surface area contributed by atoms with Gasteiger partial charge in [-0.15, -0.1) is 0 Å². The van der Waals surface area contributed by atoms with Crippen LogP contribution in [0.5, 0.6) is 0 Å². The quantitative estimate of drug-likeness (QED) is 0.595. The molecule has 0 saturated heterocycles. The molecule has 3 nitrogen and oxygen atoms in total. The lowest BCUT2D eigenvalue weighted by atomic mass is 9.90. The molecule has 0 amide bonds. The third kappa shape index (κ3) is 5.57. The number of sulfonamides is 1. The molecule has 1 aliphatic rings. The van der Waals surface area contributed by atoms with Crippen molar-refractivity contribution in [2.75, 3.05) is 0 Å². The van der Waals surface area contributed by atoms with Crippen molar-refractivity contribution in [2.24, 2.45) is 5.41 Å². The Hall–Kier alpha value is -0.350. The topological polar surface area (TPSA) is 46.2 Å². The highest BCUT2D eigenvalue weighted by Crippen LogP contribution is 2.39. The van der Waals surface area contributed by atoms with E-state index in [1.54, 1.807) is 20.8 Å². The lowest BCUT2D eigenvalue weighted by Crippen LogP contribution is -2.45. The van der Waals surface area contributed by atoms with E-state index in [1.165, 1.54) is 6.42 Å². The molecule has 0 spiro atoms. The molecule has 0 aliphatic heterocycles. The molecule has 1 N–H and O–H groups in total. The Balaban J connectivity index is 2.48. The normalized spacial score (nSPS) is 19.5. The predicted molar refractivity (Wildman–Crippen MR) is 86.2 cm³/mol. The first-order valence-corrected chi connectivity index (χ1v) is 9.07. The van der Waals surface area contributed by atoms with Crippen LogP contribution in [0.25, 0.3) is 0 Å². The fourth-order valence-corrected chi connectivity index (χ4v) is 3.03. The van der Waals surface area contributed by atoms with E-state index in [0.717, 1.165) is 25.7 Å². The van der Waals surface area contributed by atoms with Crippen LogP contribution in [0.3, 0.4) is 0 Å². The maximum Gasteiger partial charge on any atom is 0.217 e. The molecular weight excluding hydrogens is 270 g/mol. The first-order valence-electron chi connectivity index (χ1n) is 7.58. The van der Waals surface area contributed by atoms with Crippen LogP contribution in [0.1, 0.15) is 73.6 Å². The Morgan fingerprint density at radius 3 is 2.05 bits per heavy atom. The zero-order valence-electron chi connectivity index (χ0n) is 13.9. The largest absolute Gasteiger partial charge is 0.217 e. The van der Waals surface area contributed by atoms with E-state index >= 15 is 0 Å². The number of hydrogen-bond donors (Lipinski definition) is 1. The van der Waals surface area contributed by atoms with Crippen LogP contribution in [0.2, 0.25) is 0 Å². The lowest BCUT2D eigenvalue weighted by Gasteiger charge is -2.23. The molecule has 1 fully saturated rings. The monoisotopic (exact) mass is 301 g/mol. The summed E-state index contributed by atoms with van der Waals surface area (Å²) in [5, 5.41) is 0. The van der Waals surface area contributed by atoms with Crippen LogP contribution in [0.15, 0.2) is 12.2 Å². The first kappa shape index (κ1) is 17.7. The van der Waals surface area contributed by atoms with Gasteiger partial charge in [0.2, 0.25) is 10.0 Å². The zero-order chi connectivity index (χ0) is 15.7. The van der Waals surface area contributed by atoms with Gasteiger partial charge >= 0.3 is 0 Å². The van der Waals surface area contributed by atoms with Crippen molar-refractivity contribution in [1.29, 1.82) is 0 Å². The standard InChI is InChI=1S/C16H31NO2S/c1-14(2,3)10-8-7-9-11-16(12-13-16)17-20(18,19)15(4,5)6/h9,11,17H,7-8,10,12-13H2,1-6H3/b11-9+. The van der Waals surface area contributed by atoms with Gasteiger partial charge in [-0.2, -0.15) is 0 Å². The number of unbranched alkanes of at least 4 members (excludes halogenated alkanes) is 1. The second kappa shape index (κ2) is 5.80. The molecular formula is C16H31NO2S. The highest BCUT2D eigenvalue weighted by Gasteiger charge is 2.46. The van der Waals surface area contributed by atoms with E-state index in [1.807, 2.05) is 0 Å². The van der Waals surface area contributed by atoms with Crippen molar-refractivity contribution < 1.29 is 8.42 Å². The summed E-state index contributed by atoms with van der Waals surface area (Å²) in [6, 6.07) is 0. The summed E-state index contributed by atoms with van der Waals surface area (Å²) in [5.74, 6) is 0. The third-order valence-corrected chi connectivity index (χ3v) is 5.95. The Morgan fingerprint density at radius 2 is 1.65 bits per heavy atom. The van der Waals surface area contributed by atoms with Crippen molar-refractivity contribution in [3.63, 3.8) is 0 Å². The average molecular weight is 301 g/mol. The second-order valence-corrected chi connectivity index (χ2v) is 10.7. The molecule has 0 aromatic carbocycles. The van der Waals surface area contributed by atoms with Gasteiger partial charge in [0.1, 0.15) is 0 Å². The molecule has 20 heavy (non-hydrogen) atoms. The summed E-state index contributed by atoms with van der Waals surface area (Å²) in [7, 11) is -3.26. The summed E-state index contributed by atoms with van der Waals surface area (Å²) < 4.78 is 26.5. The van der Waals surface area contributed by atoms with Crippen LogP contribution in [-0.2, 0) is 10.0 Å². The molecule has 0 radical (unpaired) electrons. The van der Waals surface area contributed by atoms with E-state index in [9.17, 15) is 8.42 Å². The molecule has 1 aliphatic carbocycles. The predicted octanol–water partition coefficient (Wildman–Crippen LogP) is 4.01.